The van der Waals surface area contributed by atoms with Gasteiger partial charge in [0.2, 0.25) is 0 Å². The Labute approximate surface area is 267 Å². The predicted molar refractivity (Wildman–Crippen MR) is 194 cm³/mol. The molecule has 2 nitrogen and oxygen atoms in total. The van der Waals surface area contributed by atoms with Gasteiger partial charge in [-0.2, -0.15) is 0 Å². The predicted octanol–water partition coefficient (Wildman–Crippen LogP) is 12.7. The maximum atomic E-state index is 6.14. The van der Waals surface area contributed by atoms with Gasteiger partial charge in [0.05, 0.1) is 0 Å². The van der Waals surface area contributed by atoms with E-state index in [9.17, 15) is 0 Å². The maximum absolute atomic E-state index is 6.14. The van der Waals surface area contributed by atoms with Crippen LogP contribution in [0.2, 0.25) is 0 Å². The summed E-state index contributed by atoms with van der Waals surface area (Å²) in [6.07, 6.45) is 0. The molecule has 0 unspecified atom stereocenters. The number of hydrogen-bond donors (Lipinski definition) is 0. The normalized spacial score (nSPS) is 11.5. The fourth-order valence-electron chi connectivity index (χ4n) is 6.75. The molecule has 216 valence electrons. The van der Waals surface area contributed by atoms with Crippen LogP contribution in [0.25, 0.3) is 65.7 Å². The minimum Gasteiger partial charge on any atom is -0.456 e. The molecule has 0 bridgehead atoms. The van der Waals surface area contributed by atoms with E-state index in [0.29, 0.717) is 0 Å². The third kappa shape index (κ3) is 4.51. The SMILES string of the molecule is c1ccc(-c2cccc(N(c3ccc(-c4ccc5c(ccc6oc7ccccc7c65)c4)cc3)c3ccc4ccccc4c3)c2)cc1. The average Bonchev–Trinajstić information content (AvgIpc) is 3.52. The number of benzene rings is 8. The molecule has 0 atom stereocenters. The summed E-state index contributed by atoms with van der Waals surface area (Å²) >= 11 is 0. The molecule has 1 heterocycles. The van der Waals surface area contributed by atoms with E-state index in [1.807, 2.05) is 12.1 Å². The van der Waals surface area contributed by atoms with Crippen molar-refractivity contribution in [2.75, 3.05) is 4.90 Å². The van der Waals surface area contributed by atoms with Crippen LogP contribution in [-0.2, 0) is 0 Å². The lowest BCUT2D eigenvalue weighted by Gasteiger charge is -2.26. The van der Waals surface area contributed by atoms with Gasteiger partial charge in [-0.3, -0.25) is 0 Å². The number of fused-ring (bicyclic) bond motifs is 6. The second-order valence-electron chi connectivity index (χ2n) is 11.8. The summed E-state index contributed by atoms with van der Waals surface area (Å²) in [5, 5.41) is 7.21. The van der Waals surface area contributed by atoms with Gasteiger partial charge in [0.1, 0.15) is 11.2 Å². The summed E-state index contributed by atoms with van der Waals surface area (Å²) in [6, 6.07) is 62.8. The van der Waals surface area contributed by atoms with Gasteiger partial charge in [-0.05, 0) is 98.4 Å². The van der Waals surface area contributed by atoms with Gasteiger partial charge in [-0.15, -0.1) is 0 Å². The summed E-state index contributed by atoms with van der Waals surface area (Å²) in [6.45, 7) is 0. The van der Waals surface area contributed by atoms with E-state index in [1.165, 1.54) is 49.2 Å². The molecule has 0 radical (unpaired) electrons. The quantitative estimate of drug-likeness (QED) is 0.199. The first-order valence-electron chi connectivity index (χ1n) is 15.7. The third-order valence-corrected chi connectivity index (χ3v) is 9.02. The maximum Gasteiger partial charge on any atom is 0.136 e. The molecule has 1 aromatic heterocycles. The summed E-state index contributed by atoms with van der Waals surface area (Å²) in [4.78, 5) is 2.35. The second kappa shape index (κ2) is 10.8. The highest BCUT2D eigenvalue weighted by molar-refractivity contribution is 6.19. The van der Waals surface area contributed by atoms with Crippen LogP contribution in [0.5, 0.6) is 0 Å². The van der Waals surface area contributed by atoms with Gasteiger partial charge >= 0.3 is 0 Å². The lowest BCUT2D eigenvalue weighted by Crippen LogP contribution is -2.10. The number of anilines is 3. The Balaban J connectivity index is 1.13. The van der Waals surface area contributed by atoms with Crippen molar-refractivity contribution in [3.63, 3.8) is 0 Å². The van der Waals surface area contributed by atoms with Crippen molar-refractivity contribution in [2.45, 2.75) is 0 Å². The van der Waals surface area contributed by atoms with Crippen molar-refractivity contribution >= 4 is 60.5 Å². The number of para-hydroxylation sites is 1. The molecule has 0 saturated carbocycles. The van der Waals surface area contributed by atoms with Crippen LogP contribution in [0.3, 0.4) is 0 Å². The van der Waals surface area contributed by atoms with E-state index >= 15 is 0 Å². The van der Waals surface area contributed by atoms with Gasteiger partial charge in [0, 0.05) is 27.8 Å². The molecule has 9 aromatic rings. The molecule has 2 heteroatoms. The first-order chi connectivity index (χ1) is 22.8. The minimum absolute atomic E-state index is 0.926. The van der Waals surface area contributed by atoms with Gasteiger partial charge < -0.3 is 9.32 Å². The Morgan fingerprint density at radius 1 is 0.326 bits per heavy atom. The van der Waals surface area contributed by atoms with Crippen LogP contribution < -0.4 is 4.90 Å². The Morgan fingerprint density at radius 3 is 1.87 bits per heavy atom. The van der Waals surface area contributed by atoms with Crippen LogP contribution in [0.1, 0.15) is 0 Å². The number of furan rings is 1. The van der Waals surface area contributed by atoms with Crippen LogP contribution >= 0.6 is 0 Å². The largest absolute Gasteiger partial charge is 0.456 e. The van der Waals surface area contributed by atoms with Crippen molar-refractivity contribution in [3.05, 3.63) is 176 Å². The zero-order valence-electron chi connectivity index (χ0n) is 25.1. The Kier molecular flexibility index (Phi) is 6.17. The molecule has 0 saturated heterocycles. The second-order valence-corrected chi connectivity index (χ2v) is 11.8. The summed E-state index contributed by atoms with van der Waals surface area (Å²) < 4.78 is 6.14. The molecule has 0 aliphatic carbocycles. The molecule has 8 aromatic carbocycles. The molecule has 0 spiro atoms. The number of rotatable bonds is 5. The Morgan fingerprint density at radius 2 is 0.978 bits per heavy atom. The van der Waals surface area contributed by atoms with Crippen LogP contribution in [0.15, 0.2) is 180 Å². The lowest BCUT2D eigenvalue weighted by atomic mass is 9.98. The van der Waals surface area contributed by atoms with E-state index in [0.717, 1.165) is 33.6 Å². The summed E-state index contributed by atoms with van der Waals surface area (Å²) in [7, 11) is 0. The molecule has 46 heavy (non-hydrogen) atoms. The number of nitrogens with zero attached hydrogens (tertiary/aromatic N) is 1. The average molecular weight is 588 g/mol. The van der Waals surface area contributed by atoms with Gasteiger partial charge in [0.25, 0.3) is 0 Å². The lowest BCUT2D eigenvalue weighted by molar-refractivity contribution is 0.669. The molecule has 9 rings (SSSR count). The summed E-state index contributed by atoms with van der Waals surface area (Å²) in [5.74, 6) is 0. The standard InChI is InChI=1S/C44H29NO/c1-2-9-30(10-3-1)34-13-8-14-38(28-34)45(39-24-19-31-11-4-5-12-33(31)29-39)37-22-17-32(18-23-37)35-20-25-40-36(27-35)21-26-43-44(40)41-15-6-7-16-42(41)46-43/h1-29H. The molecule has 0 aliphatic rings. The Bertz CT molecular complexity index is 2530. The van der Waals surface area contributed by atoms with E-state index in [2.05, 4.69) is 169 Å². The van der Waals surface area contributed by atoms with Gasteiger partial charge in [-0.1, -0.05) is 121 Å². The van der Waals surface area contributed by atoms with E-state index in [-0.39, 0.29) is 0 Å². The highest BCUT2D eigenvalue weighted by atomic mass is 16.3. The van der Waals surface area contributed by atoms with Crippen molar-refractivity contribution in [1.29, 1.82) is 0 Å². The molecule has 0 N–H and O–H groups in total. The fourth-order valence-corrected chi connectivity index (χ4v) is 6.75. The highest BCUT2D eigenvalue weighted by Crippen LogP contribution is 2.40. The zero-order valence-corrected chi connectivity index (χ0v) is 25.1. The van der Waals surface area contributed by atoms with Crippen LogP contribution in [0.4, 0.5) is 17.1 Å². The molecular formula is C44H29NO. The first-order valence-corrected chi connectivity index (χ1v) is 15.7. The monoisotopic (exact) mass is 587 g/mol. The van der Waals surface area contributed by atoms with Crippen molar-refractivity contribution < 1.29 is 4.42 Å². The van der Waals surface area contributed by atoms with Gasteiger partial charge in [-0.25, -0.2) is 0 Å². The van der Waals surface area contributed by atoms with Crippen LogP contribution in [-0.4, -0.2) is 0 Å². The Hall–Kier alpha value is -6.12. The van der Waals surface area contributed by atoms with Crippen molar-refractivity contribution in [1.82, 2.24) is 0 Å². The molecular weight excluding hydrogens is 558 g/mol. The smallest absolute Gasteiger partial charge is 0.136 e. The van der Waals surface area contributed by atoms with E-state index in [4.69, 9.17) is 4.42 Å². The van der Waals surface area contributed by atoms with Crippen molar-refractivity contribution in [2.24, 2.45) is 0 Å². The van der Waals surface area contributed by atoms with Crippen LogP contribution in [0, 0.1) is 0 Å². The zero-order chi connectivity index (χ0) is 30.5. The number of hydrogen-bond acceptors (Lipinski definition) is 2. The molecule has 0 amide bonds. The highest BCUT2D eigenvalue weighted by Gasteiger charge is 2.15. The fraction of sp³-hybridized carbons (Fsp3) is 0. The third-order valence-electron chi connectivity index (χ3n) is 9.02. The molecule has 0 aliphatic heterocycles. The minimum atomic E-state index is 0.926. The van der Waals surface area contributed by atoms with Crippen molar-refractivity contribution in [3.8, 4) is 22.3 Å². The topological polar surface area (TPSA) is 16.4 Å². The van der Waals surface area contributed by atoms with E-state index < -0.39 is 0 Å². The first kappa shape index (κ1) is 26.3. The van der Waals surface area contributed by atoms with E-state index in [1.54, 1.807) is 0 Å². The summed E-state index contributed by atoms with van der Waals surface area (Å²) in [5.41, 5.74) is 9.97. The molecule has 0 fully saturated rings. The van der Waals surface area contributed by atoms with Gasteiger partial charge in [0.15, 0.2) is 0 Å².